The number of aryl methyl sites for hydroxylation is 1. The first-order valence-corrected chi connectivity index (χ1v) is 5.15. The molecule has 0 spiro atoms. The van der Waals surface area contributed by atoms with Gasteiger partial charge in [-0.2, -0.15) is 0 Å². The highest BCUT2D eigenvalue weighted by Crippen LogP contribution is 2.23. The Morgan fingerprint density at radius 3 is 2.57 bits per heavy atom. The van der Waals surface area contributed by atoms with Crippen molar-refractivity contribution < 1.29 is 4.42 Å². The van der Waals surface area contributed by atoms with E-state index >= 15 is 0 Å². The van der Waals surface area contributed by atoms with Crippen LogP contribution in [-0.2, 0) is 0 Å². The molecule has 0 bridgehead atoms. The number of nitrogens with one attached hydrogen (secondary N) is 1. The predicted molar refractivity (Wildman–Crippen MR) is 57.6 cm³/mol. The van der Waals surface area contributed by atoms with Crippen LogP contribution >= 0.6 is 0 Å². The maximum absolute atomic E-state index is 5.51. The predicted octanol–water partition coefficient (Wildman–Crippen LogP) is 2.53. The van der Waals surface area contributed by atoms with Crippen LogP contribution in [0.15, 0.2) is 16.7 Å². The van der Waals surface area contributed by atoms with Gasteiger partial charge in [-0.15, -0.1) is 0 Å². The lowest BCUT2D eigenvalue weighted by atomic mass is 10.0. The van der Waals surface area contributed by atoms with Crippen molar-refractivity contribution in [1.82, 2.24) is 5.43 Å². The van der Waals surface area contributed by atoms with E-state index in [9.17, 15) is 0 Å². The second-order valence-corrected chi connectivity index (χ2v) is 4.16. The summed E-state index contributed by atoms with van der Waals surface area (Å²) in [5.74, 6) is 7.17. The Bertz CT molecular complexity index is 268. The molecule has 1 unspecified atom stereocenters. The Hall–Kier alpha value is -0.800. The van der Waals surface area contributed by atoms with Gasteiger partial charge in [-0.05, 0) is 37.3 Å². The minimum Gasteiger partial charge on any atom is -0.467 e. The molecule has 1 atom stereocenters. The van der Waals surface area contributed by atoms with Crippen molar-refractivity contribution in [2.24, 2.45) is 11.8 Å². The van der Waals surface area contributed by atoms with Crippen molar-refractivity contribution in [2.75, 3.05) is 0 Å². The summed E-state index contributed by atoms with van der Waals surface area (Å²) in [4.78, 5) is 0. The first-order valence-electron chi connectivity index (χ1n) is 5.15. The molecule has 0 aliphatic carbocycles. The number of furan rings is 1. The summed E-state index contributed by atoms with van der Waals surface area (Å²) < 4.78 is 5.41. The van der Waals surface area contributed by atoms with Crippen LogP contribution in [0, 0.1) is 12.8 Å². The zero-order valence-corrected chi connectivity index (χ0v) is 9.21. The standard InChI is InChI=1S/C11H20N2O/c1-8(2)4-5-10(13-12)11-9(3)6-7-14-11/h6-8,10,13H,4-5,12H2,1-3H3. The largest absolute Gasteiger partial charge is 0.467 e. The van der Waals surface area contributed by atoms with Crippen molar-refractivity contribution in [2.45, 2.75) is 39.7 Å². The second-order valence-electron chi connectivity index (χ2n) is 4.16. The topological polar surface area (TPSA) is 51.2 Å². The molecule has 0 amide bonds. The zero-order valence-electron chi connectivity index (χ0n) is 9.21. The van der Waals surface area contributed by atoms with Crippen LogP contribution in [0.25, 0.3) is 0 Å². The highest BCUT2D eigenvalue weighted by molar-refractivity contribution is 5.17. The molecular formula is C11H20N2O. The van der Waals surface area contributed by atoms with Crippen molar-refractivity contribution in [3.63, 3.8) is 0 Å². The lowest BCUT2D eigenvalue weighted by Gasteiger charge is -2.15. The van der Waals surface area contributed by atoms with E-state index in [-0.39, 0.29) is 6.04 Å². The van der Waals surface area contributed by atoms with E-state index in [1.54, 1.807) is 6.26 Å². The highest BCUT2D eigenvalue weighted by atomic mass is 16.3. The van der Waals surface area contributed by atoms with Gasteiger partial charge in [0.1, 0.15) is 5.76 Å². The average Bonchev–Trinajstić information content (AvgIpc) is 2.53. The van der Waals surface area contributed by atoms with E-state index in [0.29, 0.717) is 5.92 Å². The fourth-order valence-electron chi connectivity index (χ4n) is 1.53. The fourth-order valence-corrected chi connectivity index (χ4v) is 1.53. The second kappa shape index (κ2) is 5.17. The van der Waals surface area contributed by atoms with Gasteiger partial charge in [0.2, 0.25) is 0 Å². The van der Waals surface area contributed by atoms with Gasteiger partial charge in [0.15, 0.2) is 0 Å². The van der Waals surface area contributed by atoms with Crippen LogP contribution in [0.1, 0.15) is 44.1 Å². The summed E-state index contributed by atoms with van der Waals surface area (Å²) in [6, 6.07) is 2.11. The summed E-state index contributed by atoms with van der Waals surface area (Å²) in [7, 11) is 0. The van der Waals surface area contributed by atoms with Crippen molar-refractivity contribution in [3.05, 3.63) is 23.7 Å². The molecule has 0 fully saturated rings. The molecule has 0 radical (unpaired) electrons. The van der Waals surface area contributed by atoms with E-state index in [1.165, 1.54) is 0 Å². The molecule has 1 aromatic heterocycles. The van der Waals surface area contributed by atoms with E-state index < -0.39 is 0 Å². The first-order chi connectivity index (χ1) is 6.65. The first kappa shape index (κ1) is 11.3. The minimum atomic E-state index is 0.146. The summed E-state index contributed by atoms with van der Waals surface area (Å²) in [6.07, 6.45) is 3.88. The van der Waals surface area contributed by atoms with Gasteiger partial charge < -0.3 is 4.42 Å². The Kier molecular flexibility index (Phi) is 4.17. The molecule has 0 saturated carbocycles. The van der Waals surface area contributed by atoms with Crippen LogP contribution in [0.5, 0.6) is 0 Å². The van der Waals surface area contributed by atoms with Crippen LogP contribution in [0.4, 0.5) is 0 Å². The van der Waals surface area contributed by atoms with Gasteiger partial charge >= 0.3 is 0 Å². The molecule has 1 heterocycles. The smallest absolute Gasteiger partial charge is 0.124 e. The number of hydrogen-bond acceptors (Lipinski definition) is 3. The Morgan fingerprint density at radius 2 is 2.14 bits per heavy atom. The zero-order chi connectivity index (χ0) is 10.6. The maximum atomic E-state index is 5.51. The quantitative estimate of drug-likeness (QED) is 0.562. The molecule has 0 aliphatic heterocycles. The lowest BCUT2D eigenvalue weighted by Crippen LogP contribution is -2.28. The van der Waals surface area contributed by atoms with E-state index in [0.717, 1.165) is 24.2 Å². The van der Waals surface area contributed by atoms with Crippen LogP contribution in [0.3, 0.4) is 0 Å². The molecule has 80 valence electrons. The molecule has 3 nitrogen and oxygen atoms in total. The Balaban J connectivity index is 2.58. The molecule has 0 saturated heterocycles. The van der Waals surface area contributed by atoms with Crippen molar-refractivity contribution in [1.29, 1.82) is 0 Å². The molecule has 0 aliphatic rings. The summed E-state index contributed by atoms with van der Waals surface area (Å²) >= 11 is 0. The van der Waals surface area contributed by atoms with Gasteiger partial charge in [-0.1, -0.05) is 13.8 Å². The Morgan fingerprint density at radius 1 is 1.43 bits per heavy atom. The third kappa shape index (κ3) is 2.86. The van der Waals surface area contributed by atoms with Crippen LogP contribution < -0.4 is 11.3 Å². The highest BCUT2D eigenvalue weighted by Gasteiger charge is 2.15. The number of nitrogens with two attached hydrogens (primary N) is 1. The van der Waals surface area contributed by atoms with Crippen LogP contribution in [0.2, 0.25) is 0 Å². The summed E-state index contributed by atoms with van der Waals surface area (Å²) in [5, 5.41) is 0. The van der Waals surface area contributed by atoms with Gasteiger partial charge in [0.05, 0.1) is 12.3 Å². The summed E-state index contributed by atoms with van der Waals surface area (Å²) in [6.45, 7) is 6.46. The van der Waals surface area contributed by atoms with E-state index in [1.807, 2.05) is 13.0 Å². The Labute approximate surface area is 85.6 Å². The SMILES string of the molecule is Cc1ccoc1C(CCC(C)C)NN. The summed E-state index contributed by atoms with van der Waals surface area (Å²) in [5.41, 5.74) is 3.97. The molecule has 14 heavy (non-hydrogen) atoms. The van der Waals surface area contributed by atoms with Gasteiger partial charge in [0.25, 0.3) is 0 Å². The normalized spacial score (nSPS) is 13.5. The monoisotopic (exact) mass is 196 g/mol. The molecule has 1 aromatic rings. The molecule has 0 aromatic carbocycles. The van der Waals surface area contributed by atoms with Gasteiger partial charge in [-0.3, -0.25) is 5.84 Å². The van der Waals surface area contributed by atoms with Crippen LogP contribution in [-0.4, -0.2) is 0 Å². The van der Waals surface area contributed by atoms with Crippen molar-refractivity contribution in [3.8, 4) is 0 Å². The van der Waals surface area contributed by atoms with Gasteiger partial charge in [-0.25, -0.2) is 5.43 Å². The van der Waals surface area contributed by atoms with Crippen molar-refractivity contribution >= 4 is 0 Å². The third-order valence-corrected chi connectivity index (χ3v) is 2.45. The molecule has 1 rings (SSSR count). The van der Waals surface area contributed by atoms with E-state index in [2.05, 4.69) is 19.3 Å². The third-order valence-electron chi connectivity index (χ3n) is 2.45. The van der Waals surface area contributed by atoms with E-state index in [4.69, 9.17) is 10.3 Å². The molecule has 3 N–H and O–H groups in total. The number of rotatable bonds is 5. The molecule has 3 heteroatoms. The fraction of sp³-hybridized carbons (Fsp3) is 0.636. The lowest BCUT2D eigenvalue weighted by molar-refractivity contribution is 0.374. The number of hydrazine groups is 1. The number of hydrogen-bond donors (Lipinski definition) is 2. The minimum absolute atomic E-state index is 0.146. The molecular weight excluding hydrogens is 176 g/mol. The maximum Gasteiger partial charge on any atom is 0.124 e. The van der Waals surface area contributed by atoms with Gasteiger partial charge in [0, 0.05) is 0 Å². The average molecular weight is 196 g/mol.